The highest BCUT2D eigenvalue weighted by atomic mass is 35.5. The van der Waals surface area contributed by atoms with Gasteiger partial charge in [0.05, 0.1) is 20.3 Å². The van der Waals surface area contributed by atoms with Gasteiger partial charge in [-0.2, -0.15) is 4.31 Å². The van der Waals surface area contributed by atoms with Gasteiger partial charge in [0.2, 0.25) is 10.0 Å². The molecule has 1 unspecified atom stereocenters. The second kappa shape index (κ2) is 7.23. The van der Waals surface area contributed by atoms with Crippen molar-refractivity contribution in [1.82, 2.24) is 4.31 Å². The second-order valence-electron chi connectivity index (χ2n) is 5.84. The maximum absolute atomic E-state index is 13.3. The van der Waals surface area contributed by atoms with Crippen LogP contribution in [0, 0.1) is 0 Å². The van der Waals surface area contributed by atoms with Crippen molar-refractivity contribution in [3.05, 3.63) is 53.1 Å². The zero-order valence-electron chi connectivity index (χ0n) is 14.1. The molecular weight excluding hydrogens is 362 g/mol. The number of rotatable bonds is 5. The lowest BCUT2D eigenvalue weighted by molar-refractivity contribution is 0.376. The van der Waals surface area contributed by atoms with Crippen molar-refractivity contribution in [2.24, 2.45) is 0 Å². The lowest BCUT2D eigenvalue weighted by Gasteiger charge is -2.25. The standard InChI is InChI=1S/C18H20ClNO4S/c1-23-15-9-10-17(24-2)18(12-15)25(21,22)20-11-3-4-16(20)13-5-7-14(19)8-6-13/h5-10,12,16H,3-4,11H2,1-2H3. The lowest BCUT2D eigenvalue weighted by Crippen LogP contribution is -2.31. The highest BCUT2D eigenvalue weighted by Crippen LogP contribution is 2.39. The summed E-state index contributed by atoms with van der Waals surface area (Å²) in [4.78, 5) is 0.121. The molecule has 1 atom stereocenters. The monoisotopic (exact) mass is 381 g/mol. The molecule has 0 bridgehead atoms. The second-order valence-corrected chi connectivity index (χ2v) is 8.14. The summed E-state index contributed by atoms with van der Waals surface area (Å²) >= 11 is 5.95. The highest BCUT2D eigenvalue weighted by molar-refractivity contribution is 7.89. The van der Waals surface area contributed by atoms with E-state index in [1.54, 1.807) is 24.3 Å². The maximum Gasteiger partial charge on any atom is 0.247 e. The Hall–Kier alpha value is -1.76. The summed E-state index contributed by atoms with van der Waals surface area (Å²) in [6.45, 7) is 0.468. The topological polar surface area (TPSA) is 55.8 Å². The Morgan fingerprint density at radius 2 is 1.80 bits per heavy atom. The fraction of sp³-hybridized carbons (Fsp3) is 0.333. The summed E-state index contributed by atoms with van der Waals surface area (Å²) in [7, 11) is -0.762. The van der Waals surface area contributed by atoms with Crippen LogP contribution in [-0.2, 0) is 10.0 Å². The molecule has 1 aliphatic rings. The van der Waals surface area contributed by atoms with Crippen molar-refractivity contribution in [2.45, 2.75) is 23.8 Å². The quantitative estimate of drug-likeness (QED) is 0.788. The molecule has 0 aliphatic carbocycles. The molecule has 25 heavy (non-hydrogen) atoms. The molecule has 1 saturated heterocycles. The van der Waals surface area contributed by atoms with Crippen molar-refractivity contribution >= 4 is 21.6 Å². The van der Waals surface area contributed by atoms with E-state index in [0.29, 0.717) is 23.1 Å². The van der Waals surface area contributed by atoms with Gasteiger partial charge in [0.15, 0.2) is 0 Å². The van der Waals surface area contributed by atoms with Gasteiger partial charge in [0.25, 0.3) is 0 Å². The summed E-state index contributed by atoms with van der Waals surface area (Å²) < 4.78 is 38.6. The predicted octanol–water partition coefficient (Wildman–Crippen LogP) is 3.88. The van der Waals surface area contributed by atoms with Crippen LogP contribution in [0.15, 0.2) is 47.4 Å². The number of methoxy groups -OCH3 is 2. The molecule has 2 aromatic carbocycles. The van der Waals surface area contributed by atoms with Crippen molar-refractivity contribution < 1.29 is 17.9 Å². The summed E-state index contributed by atoms with van der Waals surface area (Å²) in [6, 6.07) is 11.9. The van der Waals surface area contributed by atoms with Gasteiger partial charge in [-0.25, -0.2) is 8.42 Å². The minimum Gasteiger partial charge on any atom is -0.497 e. The van der Waals surface area contributed by atoms with Crippen LogP contribution in [-0.4, -0.2) is 33.5 Å². The maximum atomic E-state index is 13.3. The molecule has 0 spiro atoms. The van der Waals surface area contributed by atoms with Gasteiger partial charge < -0.3 is 9.47 Å². The van der Waals surface area contributed by atoms with E-state index in [2.05, 4.69) is 0 Å². The Balaban J connectivity index is 2.03. The first-order chi connectivity index (χ1) is 12.0. The summed E-state index contributed by atoms with van der Waals surface area (Å²) in [6.07, 6.45) is 1.58. The van der Waals surface area contributed by atoms with Gasteiger partial charge in [-0.15, -0.1) is 0 Å². The van der Waals surface area contributed by atoms with E-state index in [9.17, 15) is 8.42 Å². The number of benzene rings is 2. The molecule has 134 valence electrons. The first-order valence-electron chi connectivity index (χ1n) is 7.96. The van der Waals surface area contributed by atoms with E-state index >= 15 is 0 Å². The third kappa shape index (κ3) is 3.47. The van der Waals surface area contributed by atoms with Crippen molar-refractivity contribution in [2.75, 3.05) is 20.8 Å². The van der Waals surface area contributed by atoms with Crippen LogP contribution in [0.3, 0.4) is 0 Å². The van der Waals surface area contributed by atoms with Crippen LogP contribution in [0.5, 0.6) is 11.5 Å². The number of halogens is 1. The molecule has 3 rings (SSSR count). The number of hydrogen-bond donors (Lipinski definition) is 0. The Kier molecular flexibility index (Phi) is 5.22. The van der Waals surface area contributed by atoms with E-state index in [1.165, 1.54) is 24.6 Å². The van der Waals surface area contributed by atoms with E-state index in [0.717, 1.165) is 18.4 Å². The van der Waals surface area contributed by atoms with Crippen molar-refractivity contribution in [3.63, 3.8) is 0 Å². The minimum atomic E-state index is -3.73. The van der Waals surface area contributed by atoms with E-state index in [-0.39, 0.29) is 10.9 Å². The number of ether oxygens (including phenoxy) is 2. The number of hydrogen-bond acceptors (Lipinski definition) is 4. The van der Waals surface area contributed by atoms with Gasteiger partial charge in [0.1, 0.15) is 16.4 Å². The Labute approximate surface area is 153 Å². The molecule has 5 nitrogen and oxygen atoms in total. The molecule has 2 aromatic rings. The van der Waals surface area contributed by atoms with Crippen LogP contribution in [0.2, 0.25) is 5.02 Å². The van der Waals surface area contributed by atoms with E-state index in [1.807, 2.05) is 12.1 Å². The predicted molar refractivity (Wildman–Crippen MR) is 96.9 cm³/mol. The zero-order valence-corrected chi connectivity index (χ0v) is 15.7. The first kappa shape index (κ1) is 18.0. The van der Waals surface area contributed by atoms with Crippen LogP contribution < -0.4 is 9.47 Å². The summed E-state index contributed by atoms with van der Waals surface area (Å²) in [5, 5.41) is 0.630. The molecule has 0 saturated carbocycles. The first-order valence-corrected chi connectivity index (χ1v) is 9.78. The molecular formula is C18H20ClNO4S. The van der Waals surface area contributed by atoms with Crippen LogP contribution in [0.1, 0.15) is 24.4 Å². The fourth-order valence-electron chi connectivity index (χ4n) is 3.16. The van der Waals surface area contributed by atoms with Crippen LogP contribution >= 0.6 is 11.6 Å². The van der Waals surface area contributed by atoms with Gasteiger partial charge in [-0.3, -0.25) is 0 Å². The van der Waals surface area contributed by atoms with Crippen molar-refractivity contribution in [3.8, 4) is 11.5 Å². The molecule has 1 aliphatic heterocycles. The largest absolute Gasteiger partial charge is 0.497 e. The highest BCUT2D eigenvalue weighted by Gasteiger charge is 2.37. The van der Waals surface area contributed by atoms with Gasteiger partial charge >= 0.3 is 0 Å². The van der Waals surface area contributed by atoms with Crippen molar-refractivity contribution in [1.29, 1.82) is 0 Å². The number of sulfonamides is 1. The Bertz CT molecular complexity index is 852. The molecule has 1 heterocycles. The fourth-order valence-corrected chi connectivity index (χ4v) is 5.14. The minimum absolute atomic E-state index is 0.121. The van der Waals surface area contributed by atoms with Gasteiger partial charge in [0, 0.05) is 17.6 Å². The van der Waals surface area contributed by atoms with Gasteiger partial charge in [-0.05, 0) is 42.7 Å². The van der Waals surface area contributed by atoms with E-state index < -0.39 is 10.0 Å². The zero-order chi connectivity index (χ0) is 18.0. The normalized spacial score (nSPS) is 18.3. The summed E-state index contributed by atoms with van der Waals surface area (Å²) in [5.74, 6) is 0.782. The third-order valence-electron chi connectivity index (χ3n) is 4.42. The molecule has 0 aromatic heterocycles. The third-order valence-corrected chi connectivity index (χ3v) is 6.60. The average Bonchev–Trinajstić information content (AvgIpc) is 3.12. The Morgan fingerprint density at radius 3 is 2.44 bits per heavy atom. The number of nitrogens with zero attached hydrogens (tertiary/aromatic N) is 1. The molecule has 0 amide bonds. The average molecular weight is 382 g/mol. The SMILES string of the molecule is COc1ccc(OC)c(S(=O)(=O)N2CCCC2c2ccc(Cl)cc2)c1. The smallest absolute Gasteiger partial charge is 0.247 e. The Morgan fingerprint density at radius 1 is 1.08 bits per heavy atom. The summed E-state index contributed by atoms with van der Waals surface area (Å²) in [5.41, 5.74) is 0.937. The molecule has 0 radical (unpaired) electrons. The molecule has 0 N–H and O–H groups in total. The molecule has 7 heteroatoms. The lowest BCUT2D eigenvalue weighted by atomic mass is 10.1. The van der Waals surface area contributed by atoms with Gasteiger partial charge in [-0.1, -0.05) is 23.7 Å². The van der Waals surface area contributed by atoms with E-state index in [4.69, 9.17) is 21.1 Å². The van der Waals surface area contributed by atoms with Crippen LogP contribution in [0.25, 0.3) is 0 Å². The van der Waals surface area contributed by atoms with Crippen LogP contribution in [0.4, 0.5) is 0 Å². The molecule has 1 fully saturated rings.